The molecule has 14 heavy (non-hydrogen) atoms. The molecule has 0 amide bonds. The lowest BCUT2D eigenvalue weighted by atomic mass is 9.95. The molecule has 3 rings (SSSR count). The highest BCUT2D eigenvalue weighted by atomic mass is 15.2. The van der Waals surface area contributed by atoms with Gasteiger partial charge in [0.25, 0.3) is 0 Å². The van der Waals surface area contributed by atoms with E-state index in [1.54, 1.807) is 0 Å². The first-order chi connectivity index (χ1) is 6.93. The van der Waals surface area contributed by atoms with Gasteiger partial charge >= 0.3 is 0 Å². The molecule has 0 aromatic carbocycles. The van der Waals surface area contributed by atoms with Crippen molar-refractivity contribution in [2.24, 2.45) is 0 Å². The van der Waals surface area contributed by atoms with Gasteiger partial charge in [0, 0.05) is 24.2 Å². The van der Waals surface area contributed by atoms with Gasteiger partial charge < -0.3 is 10.6 Å². The van der Waals surface area contributed by atoms with E-state index >= 15 is 0 Å². The van der Waals surface area contributed by atoms with Crippen LogP contribution in [0.4, 0.5) is 0 Å². The van der Waals surface area contributed by atoms with Crippen molar-refractivity contribution in [2.45, 2.75) is 75.5 Å². The van der Waals surface area contributed by atoms with Crippen LogP contribution in [-0.4, -0.2) is 24.2 Å². The summed E-state index contributed by atoms with van der Waals surface area (Å²) in [4.78, 5) is 0. The second-order valence-electron chi connectivity index (χ2n) is 5.33. The van der Waals surface area contributed by atoms with Crippen LogP contribution in [0, 0.1) is 0 Å². The zero-order chi connectivity index (χ0) is 9.38. The van der Waals surface area contributed by atoms with Crippen LogP contribution >= 0.6 is 0 Å². The summed E-state index contributed by atoms with van der Waals surface area (Å²) in [6, 6.07) is 3.15. The molecule has 0 aromatic heterocycles. The third-order valence-electron chi connectivity index (χ3n) is 4.39. The lowest BCUT2D eigenvalue weighted by Crippen LogP contribution is -2.64. The first-order valence-corrected chi connectivity index (χ1v) is 6.45. The van der Waals surface area contributed by atoms with Crippen molar-refractivity contribution in [1.29, 1.82) is 0 Å². The molecule has 80 valence electrons. The maximum Gasteiger partial charge on any atom is 0.0224 e. The Kier molecular flexibility index (Phi) is 2.50. The van der Waals surface area contributed by atoms with E-state index in [-0.39, 0.29) is 0 Å². The van der Waals surface area contributed by atoms with Gasteiger partial charge in [0.05, 0.1) is 0 Å². The molecular weight excluding hydrogens is 172 g/mol. The molecule has 0 radical (unpaired) electrons. The molecule has 3 aliphatic rings. The van der Waals surface area contributed by atoms with E-state index in [2.05, 4.69) is 10.6 Å². The molecule has 3 saturated heterocycles. The Labute approximate surface area is 86.8 Å². The van der Waals surface area contributed by atoms with E-state index in [4.69, 9.17) is 0 Å². The number of hydrogen-bond acceptors (Lipinski definition) is 2. The summed E-state index contributed by atoms with van der Waals surface area (Å²) in [7, 11) is 0. The lowest BCUT2D eigenvalue weighted by molar-refractivity contribution is 0.211. The van der Waals surface area contributed by atoms with E-state index < -0.39 is 0 Å². The summed E-state index contributed by atoms with van der Waals surface area (Å²) in [6.07, 6.45) is 11.4. The average Bonchev–Trinajstić information content (AvgIpc) is 2.50. The van der Waals surface area contributed by atoms with Crippen LogP contribution in [0.15, 0.2) is 0 Å². The molecule has 2 nitrogen and oxygen atoms in total. The first-order valence-electron chi connectivity index (χ1n) is 6.45. The quantitative estimate of drug-likeness (QED) is 0.614. The summed E-state index contributed by atoms with van der Waals surface area (Å²) in [5.41, 5.74) is 0. The minimum Gasteiger partial charge on any atom is -0.308 e. The molecule has 3 fully saturated rings. The van der Waals surface area contributed by atoms with E-state index in [1.165, 1.54) is 51.4 Å². The van der Waals surface area contributed by atoms with Gasteiger partial charge in [0.1, 0.15) is 0 Å². The summed E-state index contributed by atoms with van der Waals surface area (Å²) >= 11 is 0. The summed E-state index contributed by atoms with van der Waals surface area (Å²) in [5, 5.41) is 7.79. The Hall–Kier alpha value is -0.0800. The zero-order valence-corrected chi connectivity index (χ0v) is 8.97. The second-order valence-corrected chi connectivity index (χ2v) is 5.33. The highest BCUT2D eigenvalue weighted by Crippen LogP contribution is 2.28. The molecule has 3 heterocycles. The zero-order valence-electron chi connectivity index (χ0n) is 8.97. The van der Waals surface area contributed by atoms with Gasteiger partial charge in [-0.15, -0.1) is 0 Å². The van der Waals surface area contributed by atoms with E-state index in [9.17, 15) is 0 Å². The SMILES string of the molecule is C1CCC2NC(C1)C1CCCC[C@@H]2N1. The van der Waals surface area contributed by atoms with Gasteiger partial charge in [-0.05, 0) is 25.7 Å². The monoisotopic (exact) mass is 194 g/mol. The normalized spacial score (nSPS) is 48.0. The topological polar surface area (TPSA) is 24.1 Å². The van der Waals surface area contributed by atoms with Crippen molar-refractivity contribution in [3.05, 3.63) is 0 Å². The predicted octanol–water partition coefficient (Wildman–Crippen LogP) is 1.80. The van der Waals surface area contributed by atoms with Crippen LogP contribution in [0.2, 0.25) is 0 Å². The second kappa shape index (κ2) is 3.82. The van der Waals surface area contributed by atoms with Crippen molar-refractivity contribution >= 4 is 0 Å². The fourth-order valence-electron chi connectivity index (χ4n) is 3.61. The minimum atomic E-state index is 0.789. The van der Waals surface area contributed by atoms with Crippen molar-refractivity contribution in [2.75, 3.05) is 0 Å². The minimum absolute atomic E-state index is 0.789. The van der Waals surface area contributed by atoms with Crippen molar-refractivity contribution in [3.63, 3.8) is 0 Å². The highest BCUT2D eigenvalue weighted by molar-refractivity contribution is 5.00. The molecule has 3 aliphatic heterocycles. The fourth-order valence-corrected chi connectivity index (χ4v) is 3.61. The summed E-state index contributed by atoms with van der Waals surface area (Å²) in [6.45, 7) is 0. The Bertz CT molecular complexity index is 162. The Morgan fingerprint density at radius 2 is 0.786 bits per heavy atom. The van der Waals surface area contributed by atoms with Crippen molar-refractivity contribution in [1.82, 2.24) is 10.6 Å². The molecule has 0 saturated carbocycles. The Balaban J connectivity index is 1.81. The van der Waals surface area contributed by atoms with Gasteiger partial charge in [0.15, 0.2) is 0 Å². The number of piperazine rings is 1. The fraction of sp³-hybridized carbons (Fsp3) is 1.00. The highest BCUT2D eigenvalue weighted by Gasteiger charge is 2.37. The third kappa shape index (κ3) is 1.59. The molecule has 0 aromatic rings. The number of rotatable bonds is 0. The van der Waals surface area contributed by atoms with Gasteiger partial charge in [-0.3, -0.25) is 0 Å². The number of nitrogens with one attached hydrogen (secondary N) is 2. The molecule has 3 unspecified atom stereocenters. The Morgan fingerprint density at radius 1 is 0.500 bits per heavy atom. The molecule has 0 spiro atoms. The molecule has 4 atom stereocenters. The maximum absolute atomic E-state index is 3.89. The molecule has 2 heteroatoms. The molecular formula is C12H22N2. The van der Waals surface area contributed by atoms with Crippen LogP contribution in [0.5, 0.6) is 0 Å². The standard InChI is InChI=1S/C12H22N2/c1-2-6-10-12-8-4-3-7-11(14-12)9(5-1)13-10/h9-14H,1-8H2/t9-,10?,11?,12?/m0/s1. The smallest absolute Gasteiger partial charge is 0.0224 e. The van der Waals surface area contributed by atoms with Crippen LogP contribution in [0.25, 0.3) is 0 Å². The summed E-state index contributed by atoms with van der Waals surface area (Å²) in [5.74, 6) is 0. The average molecular weight is 194 g/mol. The molecule has 4 bridgehead atoms. The van der Waals surface area contributed by atoms with Crippen LogP contribution < -0.4 is 10.6 Å². The van der Waals surface area contributed by atoms with Crippen LogP contribution in [0.3, 0.4) is 0 Å². The van der Waals surface area contributed by atoms with Gasteiger partial charge in [-0.1, -0.05) is 25.7 Å². The summed E-state index contributed by atoms with van der Waals surface area (Å²) < 4.78 is 0. The first kappa shape index (κ1) is 9.17. The van der Waals surface area contributed by atoms with E-state index in [0.717, 1.165) is 24.2 Å². The molecule has 0 aliphatic carbocycles. The number of hydrogen-bond donors (Lipinski definition) is 2. The van der Waals surface area contributed by atoms with E-state index in [1.807, 2.05) is 0 Å². The van der Waals surface area contributed by atoms with Crippen molar-refractivity contribution in [3.8, 4) is 0 Å². The lowest BCUT2D eigenvalue weighted by Gasteiger charge is -2.41. The molecule has 2 N–H and O–H groups in total. The third-order valence-corrected chi connectivity index (χ3v) is 4.39. The van der Waals surface area contributed by atoms with Crippen LogP contribution in [-0.2, 0) is 0 Å². The van der Waals surface area contributed by atoms with Crippen molar-refractivity contribution < 1.29 is 0 Å². The predicted molar refractivity (Wildman–Crippen MR) is 58.4 cm³/mol. The number of fused-ring (bicyclic) bond motifs is 6. The van der Waals surface area contributed by atoms with Gasteiger partial charge in [-0.2, -0.15) is 0 Å². The largest absolute Gasteiger partial charge is 0.308 e. The van der Waals surface area contributed by atoms with Crippen LogP contribution in [0.1, 0.15) is 51.4 Å². The van der Waals surface area contributed by atoms with Gasteiger partial charge in [-0.25, -0.2) is 0 Å². The maximum atomic E-state index is 3.89. The Morgan fingerprint density at radius 3 is 1.07 bits per heavy atom. The van der Waals surface area contributed by atoms with E-state index in [0.29, 0.717) is 0 Å². The van der Waals surface area contributed by atoms with Gasteiger partial charge in [0.2, 0.25) is 0 Å².